The number of carbonyl (C=O) groups excluding carboxylic acids is 1. The lowest BCUT2D eigenvalue weighted by Crippen LogP contribution is -2.24. The second kappa shape index (κ2) is 6.55. The van der Waals surface area contributed by atoms with Gasteiger partial charge in [0, 0.05) is 32.0 Å². The molecule has 2 rings (SSSR count). The smallest absolute Gasteiger partial charge is 0.257 e. The fourth-order valence-corrected chi connectivity index (χ4v) is 1.59. The average molecular weight is 275 g/mol. The summed E-state index contributed by atoms with van der Waals surface area (Å²) < 4.78 is 7.02. The van der Waals surface area contributed by atoms with Gasteiger partial charge in [-0.3, -0.25) is 9.48 Å². The van der Waals surface area contributed by atoms with Gasteiger partial charge in [-0.1, -0.05) is 11.3 Å². The average Bonchev–Trinajstić information content (AvgIpc) is 2.88. The molecule has 0 radical (unpaired) electrons. The van der Waals surface area contributed by atoms with E-state index in [9.17, 15) is 4.79 Å². The van der Waals surface area contributed by atoms with Crippen molar-refractivity contribution in [3.63, 3.8) is 0 Å². The summed E-state index contributed by atoms with van der Waals surface area (Å²) in [7, 11) is 3.40. The third kappa shape index (κ3) is 3.98. The summed E-state index contributed by atoms with van der Waals surface area (Å²) in [5.41, 5.74) is 1.74. The van der Waals surface area contributed by atoms with Crippen molar-refractivity contribution in [2.24, 2.45) is 7.05 Å². The van der Waals surface area contributed by atoms with E-state index in [0.717, 1.165) is 11.4 Å². The van der Waals surface area contributed by atoms with Gasteiger partial charge in [0.1, 0.15) is 11.4 Å². The first-order chi connectivity index (χ1) is 9.67. The summed E-state index contributed by atoms with van der Waals surface area (Å²) in [6.45, 7) is 0.580. The topological polar surface area (TPSA) is 81.1 Å². The number of anilines is 1. The molecule has 0 unspecified atom stereocenters. The van der Waals surface area contributed by atoms with Crippen LogP contribution < -0.4 is 15.4 Å². The minimum atomic E-state index is -0.164. The van der Waals surface area contributed by atoms with Crippen LogP contribution in [0.15, 0.2) is 30.5 Å². The van der Waals surface area contributed by atoms with Crippen molar-refractivity contribution < 1.29 is 9.53 Å². The first kappa shape index (κ1) is 13.9. The molecule has 0 bridgehead atoms. The van der Waals surface area contributed by atoms with Crippen molar-refractivity contribution in [2.45, 2.75) is 6.54 Å². The number of ether oxygens (including phenoxy) is 1. The van der Waals surface area contributed by atoms with E-state index in [-0.39, 0.29) is 12.5 Å². The molecule has 0 fully saturated rings. The minimum Gasteiger partial charge on any atom is -0.484 e. The van der Waals surface area contributed by atoms with Crippen molar-refractivity contribution in [2.75, 3.05) is 19.0 Å². The number of hydrogen-bond donors (Lipinski definition) is 2. The highest BCUT2D eigenvalue weighted by atomic mass is 16.5. The molecule has 0 atom stereocenters. The second-order valence-electron chi connectivity index (χ2n) is 4.23. The number of hydrogen-bond acceptors (Lipinski definition) is 5. The lowest BCUT2D eigenvalue weighted by Gasteiger charge is -2.08. The van der Waals surface area contributed by atoms with Gasteiger partial charge >= 0.3 is 0 Å². The minimum absolute atomic E-state index is 0.00408. The zero-order chi connectivity index (χ0) is 14.4. The molecule has 106 valence electrons. The van der Waals surface area contributed by atoms with Gasteiger partial charge in [-0.05, 0) is 12.1 Å². The maximum absolute atomic E-state index is 11.1. The Morgan fingerprint density at radius 1 is 1.45 bits per heavy atom. The molecule has 0 aliphatic heterocycles. The van der Waals surface area contributed by atoms with E-state index in [1.54, 1.807) is 17.8 Å². The van der Waals surface area contributed by atoms with Crippen molar-refractivity contribution in [3.8, 4) is 5.75 Å². The highest BCUT2D eigenvalue weighted by molar-refractivity contribution is 5.77. The number of rotatable bonds is 6. The Balaban J connectivity index is 1.90. The van der Waals surface area contributed by atoms with Gasteiger partial charge in [0.15, 0.2) is 6.61 Å². The van der Waals surface area contributed by atoms with Gasteiger partial charge in [0.2, 0.25) is 0 Å². The van der Waals surface area contributed by atoms with E-state index in [2.05, 4.69) is 20.9 Å². The van der Waals surface area contributed by atoms with Crippen molar-refractivity contribution in [1.82, 2.24) is 20.3 Å². The number of benzene rings is 1. The fraction of sp³-hybridized carbons (Fsp3) is 0.308. The Bertz CT molecular complexity index is 582. The molecule has 0 spiro atoms. The van der Waals surface area contributed by atoms with Gasteiger partial charge in [0.25, 0.3) is 5.91 Å². The van der Waals surface area contributed by atoms with Crippen LogP contribution >= 0.6 is 0 Å². The molecule has 20 heavy (non-hydrogen) atoms. The third-order valence-corrected chi connectivity index (χ3v) is 2.61. The molecule has 0 saturated carbocycles. The van der Waals surface area contributed by atoms with Crippen LogP contribution in [0.4, 0.5) is 5.69 Å². The molecule has 1 heterocycles. The maximum Gasteiger partial charge on any atom is 0.257 e. The predicted octanol–water partition coefficient (Wildman–Crippen LogP) is 0.552. The number of nitrogens with one attached hydrogen (secondary N) is 2. The molecule has 0 aliphatic rings. The third-order valence-electron chi connectivity index (χ3n) is 2.61. The highest BCUT2D eigenvalue weighted by Gasteiger charge is 2.02. The summed E-state index contributed by atoms with van der Waals surface area (Å²) in [5, 5.41) is 13.6. The van der Waals surface area contributed by atoms with E-state index < -0.39 is 0 Å². The van der Waals surface area contributed by atoms with Gasteiger partial charge in [-0.2, -0.15) is 0 Å². The van der Waals surface area contributed by atoms with Crippen LogP contribution in [0.1, 0.15) is 5.69 Å². The molecular weight excluding hydrogens is 258 g/mol. The van der Waals surface area contributed by atoms with Gasteiger partial charge < -0.3 is 15.4 Å². The van der Waals surface area contributed by atoms with Crippen molar-refractivity contribution >= 4 is 11.6 Å². The fourth-order valence-electron chi connectivity index (χ4n) is 1.59. The van der Waals surface area contributed by atoms with Crippen LogP contribution in [0, 0.1) is 0 Å². The zero-order valence-corrected chi connectivity index (χ0v) is 11.5. The molecule has 7 nitrogen and oxygen atoms in total. The van der Waals surface area contributed by atoms with E-state index in [4.69, 9.17) is 4.74 Å². The molecular formula is C13H17N5O2. The lowest BCUT2D eigenvalue weighted by atomic mass is 10.3. The summed E-state index contributed by atoms with van der Waals surface area (Å²) in [4.78, 5) is 11.1. The lowest BCUT2D eigenvalue weighted by molar-refractivity contribution is -0.122. The summed E-state index contributed by atoms with van der Waals surface area (Å²) in [5.74, 6) is 0.473. The first-order valence-electron chi connectivity index (χ1n) is 6.20. The molecule has 1 amide bonds. The molecule has 2 N–H and O–H groups in total. The predicted molar refractivity (Wildman–Crippen MR) is 74.3 cm³/mol. The number of likely N-dealkylation sites (N-methyl/N-ethyl adjacent to an activating group) is 1. The highest BCUT2D eigenvalue weighted by Crippen LogP contribution is 2.17. The monoisotopic (exact) mass is 275 g/mol. The van der Waals surface area contributed by atoms with Crippen molar-refractivity contribution in [1.29, 1.82) is 0 Å². The SMILES string of the molecule is CNC(=O)COc1cccc(NCc2cn(C)nn2)c1. The van der Waals surface area contributed by atoms with E-state index >= 15 is 0 Å². The Morgan fingerprint density at radius 3 is 3.00 bits per heavy atom. The largest absolute Gasteiger partial charge is 0.484 e. The Morgan fingerprint density at radius 2 is 2.30 bits per heavy atom. The molecule has 2 aromatic rings. The van der Waals surface area contributed by atoms with E-state index in [0.29, 0.717) is 12.3 Å². The van der Waals surface area contributed by atoms with Gasteiger partial charge in [-0.25, -0.2) is 0 Å². The van der Waals surface area contributed by atoms with Crippen LogP contribution in [0.2, 0.25) is 0 Å². The van der Waals surface area contributed by atoms with E-state index in [1.807, 2.05) is 31.4 Å². The van der Waals surface area contributed by atoms with Crippen molar-refractivity contribution in [3.05, 3.63) is 36.2 Å². The number of aromatic nitrogens is 3. The summed E-state index contributed by atoms with van der Waals surface area (Å²) in [6.07, 6.45) is 1.85. The molecule has 0 saturated heterocycles. The number of nitrogens with zero attached hydrogens (tertiary/aromatic N) is 3. The number of amides is 1. The van der Waals surface area contributed by atoms with Gasteiger partial charge in [-0.15, -0.1) is 5.10 Å². The van der Waals surface area contributed by atoms with Crippen LogP contribution in [-0.4, -0.2) is 34.6 Å². The van der Waals surface area contributed by atoms with Crippen LogP contribution in [0.5, 0.6) is 5.75 Å². The normalized spacial score (nSPS) is 10.1. The second-order valence-corrected chi connectivity index (χ2v) is 4.23. The first-order valence-corrected chi connectivity index (χ1v) is 6.20. The molecule has 1 aromatic heterocycles. The number of aryl methyl sites for hydroxylation is 1. The summed E-state index contributed by atoms with van der Waals surface area (Å²) >= 11 is 0. The Kier molecular flexibility index (Phi) is 4.54. The zero-order valence-electron chi connectivity index (χ0n) is 11.5. The van der Waals surface area contributed by atoms with Crippen LogP contribution in [0.25, 0.3) is 0 Å². The van der Waals surface area contributed by atoms with Gasteiger partial charge in [0.05, 0.1) is 6.54 Å². The Labute approximate surface area is 116 Å². The molecule has 1 aromatic carbocycles. The molecule has 0 aliphatic carbocycles. The van der Waals surface area contributed by atoms with Crippen LogP contribution in [0.3, 0.4) is 0 Å². The van der Waals surface area contributed by atoms with Crippen LogP contribution in [-0.2, 0) is 18.4 Å². The Hall–Kier alpha value is -2.57. The quantitative estimate of drug-likeness (QED) is 0.804. The standard InChI is InChI=1S/C13H17N5O2/c1-14-13(19)9-20-12-5-3-4-10(6-12)15-7-11-8-18(2)17-16-11/h3-6,8,15H,7,9H2,1-2H3,(H,14,19). The summed E-state index contributed by atoms with van der Waals surface area (Å²) in [6, 6.07) is 7.41. The number of carbonyl (C=O) groups is 1. The maximum atomic E-state index is 11.1. The molecule has 7 heteroatoms. The van der Waals surface area contributed by atoms with E-state index in [1.165, 1.54) is 0 Å².